The van der Waals surface area contributed by atoms with Crippen LogP contribution in [0.2, 0.25) is 0 Å². The number of nitrogens with zero attached hydrogens (tertiary/aromatic N) is 1. The zero-order valence-electron chi connectivity index (χ0n) is 9.05. The Labute approximate surface area is 101 Å². The van der Waals surface area contributed by atoms with Gasteiger partial charge in [0.25, 0.3) is 0 Å². The van der Waals surface area contributed by atoms with Crippen molar-refractivity contribution in [2.24, 2.45) is 0 Å². The lowest BCUT2D eigenvalue weighted by atomic mass is 10.1. The summed E-state index contributed by atoms with van der Waals surface area (Å²) in [6, 6.07) is 8.48. The number of anilines is 2. The van der Waals surface area contributed by atoms with Crippen molar-refractivity contribution in [2.75, 3.05) is 5.32 Å². The number of benzene rings is 2. The van der Waals surface area contributed by atoms with Gasteiger partial charge in [-0.15, -0.1) is 0 Å². The second-order valence-corrected chi connectivity index (χ2v) is 3.52. The van der Waals surface area contributed by atoms with Crippen molar-refractivity contribution >= 4 is 11.4 Å². The molecule has 0 aliphatic heterocycles. The van der Waals surface area contributed by atoms with Crippen molar-refractivity contribution < 1.29 is 13.2 Å². The molecule has 0 aliphatic carbocycles. The molecule has 2 aromatic rings. The third kappa shape index (κ3) is 2.28. The van der Waals surface area contributed by atoms with E-state index in [0.29, 0.717) is 0 Å². The fourth-order valence-electron chi connectivity index (χ4n) is 1.47. The molecule has 0 aliphatic rings. The molecule has 18 heavy (non-hydrogen) atoms. The van der Waals surface area contributed by atoms with Gasteiger partial charge in [-0.25, -0.2) is 13.2 Å². The van der Waals surface area contributed by atoms with Crippen molar-refractivity contribution in [1.82, 2.24) is 0 Å². The lowest BCUT2D eigenvalue weighted by Gasteiger charge is -2.09. The van der Waals surface area contributed by atoms with Crippen LogP contribution in [0, 0.1) is 28.8 Å². The Morgan fingerprint density at radius 3 is 2.28 bits per heavy atom. The number of nitriles is 1. The monoisotopic (exact) mass is 248 g/mol. The van der Waals surface area contributed by atoms with Crippen LogP contribution in [0.15, 0.2) is 36.4 Å². The molecule has 0 bridgehead atoms. The van der Waals surface area contributed by atoms with Crippen LogP contribution < -0.4 is 5.32 Å². The van der Waals surface area contributed by atoms with E-state index in [9.17, 15) is 13.2 Å². The Morgan fingerprint density at radius 2 is 1.67 bits per heavy atom. The maximum absolute atomic E-state index is 13.4. The fourth-order valence-corrected chi connectivity index (χ4v) is 1.47. The van der Waals surface area contributed by atoms with Crippen LogP contribution in [0.25, 0.3) is 0 Å². The van der Waals surface area contributed by atoms with Gasteiger partial charge < -0.3 is 5.32 Å². The molecule has 0 saturated carbocycles. The average molecular weight is 248 g/mol. The van der Waals surface area contributed by atoms with Crippen LogP contribution in [0.4, 0.5) is 24.5 Å². The number of para-hydroxylation sites is 1. The SMILES string of the molecule is N#Cc1cc(F)ccc1Nc1c(F)cccc1F. The van der Waals surface area contributed by atoms with Gasteiger partial charge in [0.2, 0.25) is 0 Å². The first-order valence-electron chi connectivity index (χ1n) is 5.02. The topological polar surface area (TPSA) is 35.8 Å². The highest BCUT2D eigenvalue weighted by molar-refractivity contribution is 5.67. The van der Waals surface area contributed by atoms with E-state index >= 15 is 0 Å². The van der Waals surface area contributed by atoms with Gasteiger partial charge in [0.15, 0.2) is 0 Å². The zero-order valence-corrected chi connectivity index (χ0v) is 9.05. The van der Waals surface area contributed by atoms with Crippen molar-refractivity contribution in [3.8, 4) is 6.07 Å². The Balaban J connectivity index is 2.44. The van der Waals surface area contributed by atoms with E-state index in [-0.39, 0.29) is 16.9 Å². The number of halogens is 3. The summed E-state index contributed by atoms with van der Waals surface area (Å²) in [5.41, 5.74) is -0.263. The molecule has 2 aromatic carbocycles. The van der Waals surface area contributed by atoms with E-state index in [4.69, 9.17) is 5.26 Å². The molecule has 0 spiro atoms. The lowest BCUT2D eigenvalue weighted by Crippen LogP contribution is -1.99. The molecule has 5 heteroatoms. The number of nitrogens with one attached hydrogen (secondary N) is 1. The Morgan fingerprint density at radius 1 is 1.00 bits per heavy atom. The Kier molecular flexibility index (Phi) is 3.20. The maximum atomic E-state index is 13.4. The van der Waals surface area contributed by atoms with E-state index in [1.165, 1.54) is 12.1 Å². The summed E-state index contributed by atoms with van der Waals surface area (Å²) in [7, 11) is 0. The first-order valence-corrected chi connectivity index (χ1v) is 5.02. The molecule has 0 atom stereocenters. The van der Waals surface area contributed by atoms with E-state index < -0.39 is 17.5 Å². The normalized spacial score (nSPS) is 9.89. The quantitative estimate of drug-likeness (QED) is 0.879. The Hall–Kier alpha value is -2.48. The molecule has 2 nitrogen and oxygen atoms in total. The fraction of sp³-hybridized carbons (Fsp3) is 0. The van der Waals surface area contributed by atoms with E-state index in [1.54, 1.807) is 6.07 Å². The van der Waals surface area contributed by atoms with Crippen LogP contribution in [-0.4, -0.2) is 0 Å². The molecule has 0 aromatic heterocycles. The maximum Gasteiger partial charge on any atom is 0.149 e. The number of hydrogen-bond donors (Lipinski definition) is 1. The van der Waals surface area contributed by atoms with Gasteiger partial charge >= 0.3 is 0 Å². The molecule has 0 saturated heterocycles. The summed E-state index contributed by atoms with van der Waals surface area (Å²) in [5.74, 6) is -2.17. The van der Waals surface area contributed by atoms with Crippen molar-refractivity contribution in [3.63, 3.8) is 0 Å². The third-order valence-electron chi connectivity index (χ3n) is 2.32. The first-order chi connectivity index (χ1) is 8.61. The predicted octanol–water partition coefficient (Wildman–Crippen LogP) is 3.72. The van der Waals surface area contributed by atoms with Crippen LogP contribution in [0.1, 0.15) is 5.56 Å². The third-order valence-corrected chi connectivity index (χ3v) is 2.32. The van der Waals surface area contributed by atoms with E-state index in [2.05, 4.69) is 5.32 Å². The van der Waals surface area contributed by atoms with Gasteiger partial charge in [-0.3, -0.25) is 0 Å². The smallest absolute Gasteiger partial charge is 0.149 e. The molecule has 90 valence electrons. The van der Waals surface area contributed by atoms with Crippen molar-refractivity contribution in [2.45, 2.75) is 0 Å². The van der Waals surface area contributed by atoms with Gasteiger partial charge in [0, 0.05) is 0 Å². The molecular formula is C13H7F3N2. The minimum Gasteiger partial charge on any atom is -0.350 e. The summed E-state index contributed by atoms with van der Waals surface area (Å²) >= 11 is 0. The second-order valence-electron chi connectivity index (χ2n) is 3.52. The molecule has 0 radical (unpaired) electrons. The highest BCUT2D eigenvalue weighted by atomic mass is 19.1. The number of hydrogen-bond acceptors (Lipinski definition) is 2. The van der Waals surface area contributed by atoms with Crippen molar-refractivity contribution in [3.05, 3.63) is 59.4 Å². The molecule has 0 fully saturated rings. The van der Waals surface area contributed by atoms with Crippen LogP contribution >= 0.6 is 0 Å². The van der Waals surface area contributed by atoms with Gasteiger partial charge in [-0.05, 0) is 30.3 Å². The summed E-state index contributed by atoms with van der Waals surface area (Å²) < 4.78 is 39.7. The molecule has 2 rings (SSSR count). The molecule has 1 N–H and O–H groups in total. The number of rotatable bonds is 2. The lowest BCUT2D eigenvalue weighted by molar-refractivity contribution is 0.591. The predicted molar refractivity (Wildman–Crippen MR) is 60.8 cm³/mol. The average Bonchev–Trinajstić information content (AvgIpc) is 2.35. The summed E-state index contributed by atoms with van der Waals surface area (Å²) in [6.07, 6.45) is 0. The minimum atomic E-state index is -0.789. The van der Waals surface area contributed by atoms with Crippen LogP contribution in [0.3, 0.4) is 0 Å². The molecule has 0 unspecified atom stereocenters. The minimum absolute atomic E-state index is 0.0300. The van der Waals surface area contributed by atoms with Gasteiger partial charge in [-0.2, -0.15) is 5.26 Å². The molecule has 0 heterocycles. The summed E-state index contributed by atoms with van der Waals surface area (Å²) in [5, 5.41) is 11.3. The molecular weight excluding hydrogens is 241 g/mol. The van der Waals surface area contributed by atoms with Crippen LogP contribution in [-0.2, 0) is 0 Å². The summed E-state index contributed by atoms with van der Waals surface area (Å²) in [6.45, 7) is 0. The Bertz CT molecular complexity index is 612. The summed E-state index contributed by atoms with van der Waals surface area (Å²) in [4.78, 5) is 0. The van der Waals surface area contributed by atoms with E-state index in [0.717, 1.165) is 24.3 Å². The van der Waals surface area contributed by atoms with Crippen LogP contribution in [0.5, 0.6) is 0 Å². The van der Waals surface area contributed by atoms with E-state index in [1.807, 2.05) is 0 Å². The molecule has 0 amide bonds. The first kappa shape index (κ1) is 12.0. The van der Waals surface area contributed by atoms with Crippen molar-refractivity contribution in [1.29, 1.82) is 5.26 Å². The zero-order chi connectivity index (χ0) is 13.1. The van der Waals surface area contributed by atoms with Gasteiger partial charge in [0.05, 0.1) is 11.3 Å². The highest BCUT2D eigenvalue weighted by Gasteiger charge is 2.11. The van der Waals surface area contributed by atoms with Gasteiger partial charge in [-0.1, -0.05) is 6.07 Å². The van der Waals surface area contributed by atoms with Gasteiger partial charge in [0.1, 0.15) is 29.2 Å². The standard InChI is InChI=1S/C13H7F3N2/c14-9-4-5-12(8(6-9)7-17)18-13-10(15)2-1-3-11(13)16/h1-6,18H. The second kappa shape index (κ2) is 4.80. The largest absolute Gasteiger partial charge is 0.350 e. The highest BCUT2D eigenvalue weighted by Crippen LogP contribution is 2.25.